The maximum absolute atomic E-state index is 12.3. The first-order valence-corrected chi connectivity index (χ1v) is 6.76. The number of hydrogen-bond donors (Lipinski definition) is 1. The van der Waals surface area contributed by atoms with Gasteiger partial charge in [-0.1, -0.05) is 18.0 Å². The molecule has 2 heterocycles. The van der Waals surface area contributed by atoms with Crippen LogP contribution < -0.4 is 5.32 Å². The molecule has 1 N–H and O–H groups in total. The molecule has 1 aromatic heterocycles. The minimum absolute atomic E-state index is 0.0248. The molecular formula is C13H20ClN3O. The van der Waals surface area contributed by atoms with Gasteiger partial charge in [0.05, 0.1) is 5.02 Å². The van der Waals surface area contributed by atoms with Crippen molar-refractivity contribution in [3.8, 4) is 0 Å². The first kappa shape index (κ1) is 13.4. The molecule has 0 aliphatic carbocycles. The molecule has 0 saturated carbocycles. The van der Waals surface area contributed by atoms with Crippen molar-refractivity contribution in [3.05, 3.63) is 23.0 Å². The van der Waals surface area contributed by atoms with Gasteiger partial charge in [-0.15, -0.1) is 0 Å². The Kier molecular flexibility index (Phi) is 4.30. The van der Waals surface area contributed by atoms with Gasteiger partial charge in [-0.3, -0.25) is 4.79 Å². The predicted molar refractivity (Wildman–Crippen MR) is 73.0 cm³/mol. The Morgan fingerprint density at radius 1 is 1.61 bits per heavy atom. The number of amides is 1. The molecule has 2 rings (SSSR count). The van der Waals surface area contributed by atoms with Gasteiger partial charge in [0.1, 0.15) is 5.69 Å². The average Bonchev–Trinajstić information content (AvgIpc) is 2.68. The Bertz CT molecular complexity index is 424. The van der Waals surface area contributed by atoms with E-state index in [1.165, 1.54) is 12.8 Å². The molecule has 0 radical (unpaired) electrons. The van der Waals surface area contributed by atoms with E-state index in [9.17, 15) is 4.79 Å². The first-order chi connectivity index (χ1) is 8.58. The van der Waals surface area contributed by atoms with Gasteiger partial charge in [0.25, 0.3) is 5.91 Å². The Hall–Kier alpha value is -1.00. The summed E-state index contributed by atoms with van der Waals surface area (Å²) in [6.45, 7) is 1.81. The number of nitrogens with one attached hydrogen (secondary N) is 1. The minimum atomic E-state index is 0.0248. The van der Waals surface area contributed by atoms with Crippen LogP contribution in [0.2, 0.25) is 5.02 Å². The fraction of sp³-hybridized carbons (Fsp3) is 0.615. The third-order valence-electron chi connectivity index (χ3n) is 3.44. The normalized spacial score (nSPS) is 19.8. The summed E-state index contributed by atoms with van der Waals surface area (Å²) in [6, 6.07) is 2.14. The van der Waals surface area contributed by atoms with Crippen LogP contribution in [-0.2, 0) is 7.05 Å². The SMILES string of the molecule is CN(CC1CCCCN1)C(=O)c1cc(Cl)cn1C. The van der Waals surface area contributed by atoms with Gasteiger partial charge in [-0.25, -0.2) is 0 Å². The van der Waals surface area contributed by atoms with E-state index < -0.39 is 0 Å². The quantitative estimate of drug-likeness (QED) is 0.910. The lowest BCUT2D eigenvalue weighted by molar-refractivity contribution is 0.0766. The Morgan fingerprint density at radius 2 is 2.39 bits per heavy atom. The number of likely N-dealkylation sites (N-methyl/N-ethyl adjacent to an activating group) is 1. The second-order valence-electron chi connectivity index (χ2n) is 4.99. The molecule has 4 nitrogen and oxygen atoms in total. The highest BCUT2D eigenvalue weighted by Crippen LogP contribution is 2.15. The van der Waals surface area contributed by atoms with Crippen LogP contribution >= 0.6 is 11.6 Å². The van der Waals surface area contributed by atoms with E-state index in [2.05, 4.69) is 5.32 Å². The van der Waals surface area contributed by atoms with E-state index >= 15 is 0 Å². The average molecular weight is 270 g/mol. The number of hydrogen-bond acceptors (Lipinski definition) is 2. The maximum atomic E-state index is 12.3. The van der Waals surface area contributed by atoms with Gasteiger partial charge in [-0.2, -0.15) is 0 Å². The molecule has 1 fully saturated rings. The van der Waals surface area contributed by atoms with Crippen molar-refractivity contribution in [2.75, 3.05) is 20.1 Å². The van der Waals surface area contributed by atoms with E-state index in [4.69, 9.17) is 11.6 Å². The second-order valence-corrected chi connectivity index (χ2v) is 5.42. The second kappa shape index (κ2) is 5.76. The van der Waals surface area contributed by atoms with Gasteiger partial charge in [0, 0.05) is 32.9 Å². The molecular weight excluding hydrogens is 250 g/mol. The molecule has 1 aliphatic heterocycles. The largest absolute Gasteiger partial charge is 0.345 e. The van der Waals surface area contributed by atoms with Gasteiger partial charge < -0.3 is 14.8 Å². The summed E-state index contributed by atoms with van der Waals surface area (Å²) in [5.41, 5.74) is 0.637. The van der Waals surface area contributed by atoms with Crippen LogP contribution in [0.5, 0.6) is 0 Å². The zero-order chi connectivity index (χ0) is 13.1. The number of nitrogens with zero attached hydrogens (tertiary/aromatic N) is 2. The van der Waals surface area contributed by atoms with E-state index in [0.29, 0.717) is 16.8 Å². The lowest BCUT2D eigenvalue weighted by Gasteiger charge is -2.28. The summed E-state index contributed by atoms with van der Waals surface area (Å²) in [7, 11) is 3.69. The summed E-state index contributed by atoms with van der Waals surface area (Å²) < 4.78 is 1.77. The van der Waals surface area contributed by atoms with E-state index in [1.54, 1.807) is 21.7 Å². The fourth-order valence-electron chi connectivity index (χ4n) is 2.43. The highest BCUT2D eigenvalue weighted by molar-refractivity contribution is 6.31. The number of carbonyl (C=O) groups excluding carboxylic acids is 1. The highest BCUT2D eigenvalue weighted by Gasteiger charge is 2.20. The molecule has 1 saturated heterocycles. The van der Waals surface area contributed by atoms with E-state index in [-0.39, 0.29) is 5.91 Å². The molecule has 0 spiro atoms. The van der Waals surface area contributed by atoms with Crippen LogP contribution in [0.3, 0.4) is 0 Å². The predicted octanol–water partition coefficient (Wildman–Crippen LogP) is 1.89. The van der Waals surface area contributed by atoms with E-state index in [1.807, 2.05) is 14.1 Å². The molecule has 0 bridgehead atoms. The van der Waals surface area contributed by atoms with Crippen LogP contribution in [0, 0.1) is 0 Å². The monoisotopic (exact) mass is 269 g/mol. The van der Waals surface area contributed by atoms with Crippen molar-refractivity contribution in [3.63, 3.8) is 0 Å². The minimum Gasteiger partial charge on any atom is -0.345 e. The van der Waals surface area contributed by atoms with Crippen LogP contribution in [-0.4, -0.2) is 41.6 Å². The maximum Gasteiger partial charge on any atom is 0.270 e. The van der Waals surface area contributed by atoms with Crippen molar-refractivity contribution in [2.24, 2.45) is 7.05 Å². The molecule has 1 aromatic rings. The van der Waals surface area contributed by atoms with Crippen LogP contribution in [0.15, 0.2) is 12.3 Å². The third-order valence-corrected chi connectivity index (χ3v) is 3.65. The molecule has 0 aromatic carbocycles. The van der Waals surface area contributed by atoms with Crippen molar-refractivity contribution in [2.45, 2.75) is 25.3 Å². The number of carbonyl (C=O) groups is 1. The lowest BCUT2D eigenvalue weighted by atomic mass is 10.0. The molecule has 1 atom stereocenters. The van der Waals surface area contributed by atoms with Crippen molar-refractivity contribution < 1.29 is 4.79 Å². The van der Waals surface area contributed by atoms with Gasteiger partial charge >= 0.3 is 0 Å². The van der Waals surface area contributed by atoms with Crippen LogP contribution in [0.1, 0.15) is 29.8 Å². The number of aromatic nitrogens is 1. The Morgan fingerprint density at radius 3 is 2.94 bits per heavy atom. The summed E-state index contributed by atoms with van der Waals surface area (Å²) in [6.07, 6.45) is 5.38. The van der Waals surface area contributed by atoms with Crippen LogP contribution in [0.4, 0.5) is 0 Å². The number of halogens is 1. The summed E-state index contributed by atoms with van der Waals surface area (Å²) in [4.78, 5) is 14.0. The van der Waals surface area contributed by atoms with Gasteiger partial charge in [-0.05, 0) is 25.5 Å². The standard InChI is InChI=1S/C13H20ClN3O/c1-16-8-10(14)7-12(16)13(18)17(2)9-11-5-3-4-6-15-11/h7-8,11,15H,3-6,9H2,1-2H3. The van der Waals surface area contributed by atoms with Crippen molar-refractivity contribution in [1.29, 1.82) is 0 Å². The summed E-state index contributed by atoms with van der Waals surface area (Å²) in [5, 5.41) is 4.05. The molecule has 1 amide bonds. The number of piperidine rings is 1. The molecule has 100 valence electrons. The number of rotatable bonds is 3. The molecule has 5 heteroatoms. The molecule has 1 aliphatic rings. The van der Waals surface area contributed by atoms with Gasteiger partial charge in [0.2, 0.25) is 0 Å². The summed E-state index contributed by atoms with van der Waals surface area (Å²) >= 11 is 5.90. The summed E-state index contributed by atoms with van der Waals surface area (Å²) in [5.74, 6) is 0.0248. The first-order valence-electron chi connectivity index (χ1n) is 6.38. The number of aryl methyl sites for hydroxylation is 1. The van der Waals surface area contributed by atoms with Crippen molar-refractivity contribution >= 4 is 17.5 Å². The topological polar surface area (TPSA) is 37.3 Å². The Balaban J connectivity index is 1.97. The van der Waals surface area contributed by atoms with Gasteiger partial charge in [0.15, 0.2) is 0 Å². The zero-order valence-corrected chi connectivity index (χ0v) is 11.7. The van der Waals surface area contributed by atoms with Crippen LogP contribution in [0.25, 0.3) is 0 Å². The van der Waals surface area contributed by atoms with E-state index in [0.717, 1.165) is 19.5 Å². The molecule has 18 heavy (non-hydrogen) atoms. The fourth-order valence-corrected chi connectivity index (χ4v) is 2.68. The highest BCUT2D eigenvalue weighted by atomic mass is 35.5. The third kappa shape index (κ3) is 3.06. The molecule has 1 unspecified atom stereocenters. The van der Waals surface area contributed by atoms with Crippen molar-refractivity contribution in [1.82, 2.24) is 14.8 Å². The lowest BCUT2D eigenvalue weighted by Crippen LogP contribution is -2.44. The zero-order valence-electron chi connectivity index (χ0n) is 10.9. The Labute approximate surface area is 113 Å². The smallest absolute Gasteiger partial charge is 0.270 e.